The minimum Gasteiger partial charge on any atom is -0.348 e. The fourth-order valence-electron chi connectivity index (χ4n) is 2.89. The maximum Gasteiger partial charge on any atom is 0.179 e. The first-order chi connectivity index (χ1) is 8.13. The van der Waals surface area contributed by atoms with E-state index in [2.05, 4.69) is 11.5 Å². The summed E-state index contributed by atoms with van der Waals surface area (Å²) in [6.45, 7) is 5.17. The number of alkyl halides is 1. The van der Waals surface area contributed by atoms with Crippen molar-refractivity contribution in [1.29, 1.82) is 0 Å². The Labute approximate surface area is 108 Å². The van der Waals surface area contributed by atoms with E-state index in [9.17, 15) is 4.79 Å². The average Bonchev–Trinajstić information content (AvgIpc) is 2.91. The zero-order valence-electron chi connectivity index (χ0n) is 10.6. The van der Waals surface area contributed by atoms with Gasteiger partial charge in [-0.25, -0.2) is 0 Å². The van der Waals surface area contributed by atoms with Gasteiger partial charge < -0.3 is 4.57 Å². The molecule has 1 fully saturated rings. The molecule has 1 aliphatic rings. The lowest BCUT2D eigenvalue weighted by Gasteiger charge is -2.14. The lowest BCUT2D eigenvalue weighted by atomic mass is 10.1. The topological polar surface area (TPSA) is 22.0 Å². The van der Waals surface area contributed by atoms with E-state index >= 15 is 0 Å². The summed E-state index contributed by atoms with van der Waals surface area (Å²) >= 11 is 5.63. The van der Waals surface area contributed by atoms with Crippen LogP contribution in [0.2, 0.25) is 0 Å². The van der Waals surface area contributed by atoms with Crippen molar-refractivity contribution in [2.24, 2.45) is 5.92 Å². The third kappa shape index (κ3) is 2.57. The number of rotatable bonds is 4. The van der Waals surface area contributed by atoms with Gasteiger partial charge in [0.15, 0.2) is 5.78 Å². The second-order valence-electron chi connectivity index (χ2n) is 5.10. The monoisotopic (exact) mass is 253 g/mol. The van der Waals surface area contributed by atoms with Crippen LogP contribution in [0.4, 0.5) is 0 Å². The number of halogens is 1. The average molecular weight is 254 g/mol. The number of hydrogen-bond acceptors (Lipinski definition) is 1. The smallest absolute Gasteiger partial charge is 0.179 e. The third-order valence-electron chi connectivity index (χ3n) is 3.91. The van der Waals surface area contributed by atoms with Gasteiger partial charge in [0.05, 0.1) is 5.88 Å². The Morgan fingerprint density at radius 1 is 1.41 bits per heavy atom. The molecule has 0 atom stereocenters. The Balaban J connectivity index is 2.21. The fourth-order valence-corrected chi connectivity index (χ4v) is 3.03. The van der Waals surface area contributed by atoms with Crippen molar-refractivity contribution in [3.05, 3.63) is 23.0 Å². The van der Waals surface area contributed by atoms with Gasteiger partial charge in [-0.3, -0.25) is 4.79 Å². The number of hydrogen-bond donors (Lipinski definition) is 0. The van der Waals surface area contributed by atoms with Crippen LogP contribution in [0.25, 0.3) is 0 Å². The second kappa shape index (κ2) is 5.26. The molecule has 1 aromatic heterocycles. The second-order valence-corrected chi connectivity index (χ2v) is 5.37. The Hall–Kier alpha value is -0.760. The van der Waals surface area contributed by atoms with E-state index in [0.29, 0.717) is 0 Å². The van der Waals surface area contributed by atoms with Crippen LogP contribution < -0.4 is 0 Å². The van der Waals surface area contributed by atoms with Gasteiger partial charge in [-0.2, -0.15) is 0 Å². The first-order valence-electron chi connectivity index (χ1n) is 6.39. The zero-order valence-corrected chi connectivity index (χ0v) is 11.4. The highest BCUT2D eigenvalue weighted by molar-refractivity contribution is 6.30. The molecule has 2 nitrogen and oxygen atoms in total. The molecule has 0 amide bonds. The first kappa shape index (κ1) is 12.7. The predicted octanol–water partition coefficient (Wildman–Crippen LogP) is 3.72. The van der Waals surface area contributed by atoms with Crippen molar-refractivity contribution in [1.82, 2.24) is 4.57 Å². The van der Waals surface area contributed by atoms with Gasteiger partial charge in [-0.15, -0.1) is 11.6 Å². The van der Waals surface area contributed by atoms with E-state index in [4.69, 9.17) is 11.6 Å². The maximum absolute atomic E-state index is 11.7. The Morgan fingerprint density at radius 3 is 2.65 bits per heavy atom. The van der Waals surface area contributed by atoms with Crippen molar-refractivity contribution >= 4 is 17.4 Å². The van der Waals surface area contributed by atoms with Gasteiger partial charge in [0.2, 0.25) is 0 Å². The number of Topliss-reactive ketones (excluding diaryl/α,β-unsaturated/α-hetero) is 1. The number of carbonyl (C=O) groups excluding carboxylic acids is 1. The summed E-state index contributed by atoms with van der Waals surface area (Å²) in [5.74, 6) is 0.907. The minimum absolute atomic E-state index is 0.0393. The summed E-state index contributed by atoms with van der Waals surface area (Å²) in [5.41, 5.74) is 3.07. The van der Waals surface area contributed by atoms with Gasteiger partial charge in [-0.1, -0.05) is 12.8 Å². The van der Waals surface area contributed by atoms with Crippen molar-refractivity contribution < 1.29 is 4.79 Å². The van der Waals surface area contributed by atoms with Crippen molar-refractivity contribution in [3.63, 3.8) is 0 Å². The highest BCUT2D eigenvalue weighted by atomic mass is 35.5. The molecule has 0 aliphatic heterocycles. The quantitative estimate of drug-likeness (QED) is 0.592. The van der Waals surface area contributed by atoms with Gasteiger partial charge in [0.25, 0.3) is 0 Å². The molecule has 1 heterocycles. The number of aryl methyl sites for hydroxylation is 1. The third-order valence-corrected chi connectivity index (χ3v) is 4.15. The summed E-state index contributed by atoms with van der Waals surface area (Å²) in [4.78, 5) is 11.7. The molecule has 0 bridgehead atoms. The standard InChI is InChI=1S/C14H20ClNO/c1-10-7-13(14(17)8-15)11(2)16(10)9-12-5-3-4-6-12/h7,12H,3-6,8-9H2,1-2H3. The Morgan fingerprint density at radius 2 is 2.06 bits per heavy atom. The molecular formula is C14H20ClNO. The number of carbonyl (C=O) groups is 1. The lowest BCUT2D eigenvalue weighted by molar-refractivity contribution is 0.102. The number of ketones is 1. The molecule has 17 heavy (non-hydrogen) atoms. The highest BCUT2D eigenvalue weighted by Crippen LogP contribution is 2.28. The Bertz CT molecular complexity index is 416. The fraction of sp³-hybridized carbons (Fsp3) is 0.643. The molecule has 1 aliphatic carbocycles. The zero-order chi connectivity index (χ0) is 12.4. The van der Waals surface area contributed by atoms with Crippen molar-refractivity contribution in [3.8, 4) is 0 Å². The van der Waals surface area contributed by atoms with Crippen LogP contribution in [0.15, 0.2) is 6.07 Å². The summed E-state index contributed by atoms with van der Waals surface area (Å²) in [5, 5.41) is 0. The maximum atomic E-state index is 11.7. The normalized spacial score (nSPS) is 16.6. The molecular weight excluding hydrogens is 234 g/mol. The predicted molar refractivity (Wildman–Crippen MR) is 70.9 cm³/mol. The summed E-state index contributed by atoms with van der Waals surface area (Å²) in [6, 6.07) is 1.98. The molecule has 1 saturated carbocycles. The van der Waals surface area contributed by atoms with Crippen LogP contribution in [0, 0.1) is 19.8 Å². The van der Waals surface area contributed by atoms with E-state index in [1.54, 1.807) is 0 Å². The van der Waals surface area contributed by atoms with E-state index < -0.39 is 0 Å². The lowest BCUT2D eigenvalue weighted by Crippen LogP contribution is -2.11. The summed E-state index contributed by atoms with van der Waals surface area (Å²) in [6.07, 6.45) is 5.38. The Kier molecular flexibility index (Phi) is 3.93. The molecule has 0 N–H and O–H groups in total. The van der Waals surface area contributed by atoms with Crippen molar-refractivity contribution in [2.75, 3.05) is 5.88 Å². The van der Waals surface area contributed by atoms with Crippen LogP contribution in [0.3, 0.4) is 0 Å². The molecule has 0 unspecified atom stereocenters. The molecule has 0 spiro atoms. The van der Waals surface area contributed by atoms with E-state index in [1.165, 1.54) is 31.4 Å². The van der Waals surface area contributed by atoms with Crippen LogP contribution in [0.5, 0.6) is 0 Å². The molecule has 0 aromatic carbocycles. The number of aromatic nitrogens is 1. The van der Waals surface area contributed by atoms with Crippen LogP contribution in [-0.4, -0.2) is 16.2 Å². The van der Waals surface area contributed by atoms with Crippen molar-refractivity contribution in [2.45, 2.75) is 46.1 Å². The first-order valence-corrected chi connectivity index (χ1v) is 6.92. The molecule has 0 saturated heterocycles. The van der Waals surface area contributed by atoms with Crippen LogP contribution in [-0.2, 0) is 6.54 Å². The summed E-state index contributed by atoms with van der Waals surface area (Å²) < 4.78 is 2.29. The molecule has 0 radical (unpaired) electrons. The van der Waals surface area contributed by atoms with Crippen LogP contribution >= 0.6 is 11.6 Å². The summed E-state index contributed by atoms with van der Waals surface area (Å²) in [7, 11) is 0. The minimum atomic E-state index is 0.0393. The SMILES string of the molecule is Cc1cc(C(=O)CCl)c(C)n1CC1CCCC1. The number of nitrogens with zero attached hydrogens (tertiary/aromatic N) is 1. The van der Waals surface area contributed by atoms with E-state index in [-0.39, 0.29) is 11.7 Å². The van der Waals surface area contributed by atoms with Gasteiger partial charge in [-0.05, 0) is 38.7 Å². The van der Waals surface area contributed by atoms with Crippen LogP contribution in [0.1, 0.15) is 47.4 Å². The molecule has 94 valence electrons. The molecule has 1 aromatic rings. The van der Waals surface area contributed by atoms with Gasteiger partial charge in [0.1, 0.15) is 0 Å². The van der Waals surface area contributed by atoms with Gasteiger partial charge >= 0.3 is 0 Å². The van der Waals surface area contributed by atoms with Gasteiger partial charge in [0, 0.05) is 23.5 Å². The molecule has 2 rings (SSSR count). The highest BCUT2D eigenvalue weighted by Gasteiger charge is 2.20. The molecule has 3 heteroatoms. The largest absolute Gasteiger partial charge is 0.348 e. The van der Waals surface area contributed by atoms with E-state index in [1.807, 2.05) is 13.0 Å². The van der Waals surface area contributed by atoms with E-state index in [0.717, 1.165) is 23.7 Å².